The van der Waals surface area contributed by atoms with E-state index in [2.05, 4.69) is 30.8 Å². The first-order chi connectivity index (χ1) is 19.3. The highest BCUT2D eigenvalue weighted by Crippen LogP contribution is 2.45. The van der Waals surface area contributed by atoms with Crippen LogP contribution >= 0.6 is 0 Å². The van der Waals surface area contributed by atoms with Crippen LogP contribution in [0.15, 0.2) is 71.7 Å². The van der Waals surface area contributed by atoms with Gasteiger partial charge in [0.1, 0.15) is 5.82 Å². The van der Waals surface area contributed by atoms with E-state index in [0.29, 0.717) is 32.4 Å². The van der Waals surface area contributed by atoms with Crippen LogP contribution in [0.2, 0.25) is 0 Å². The molecule has 0 radical (unpaired) electrons. The van der Waals surface area contributed by atoms with Gasteiger partial charge in [-0.15, -0.1) is 0 Å². The second-order valence-corrected chi connectivity index (χ2v) is 11.8. The van der Waals surface area contributed by atoms with Crippen LogP contribution in [0.25, 0.3) is 11.0 Å². The van der Waals surface area contributed by atoms with Crippen molar-refractivity contribution >= 4 is 11.0 Å². The van der Waals surface area contributed by atoms with Gasteiger partial charge in [0.25, 0.3) is 0 Å². The van der Waals surface area contributed by atoms with Gasteiger partial charge < -0.3 is 10.0 Å². The van der Waals surface area contributed by atoms with Crippen LogP contribution in [0.4, 0.5) is 4.39 Å². The molecule has 1 N–H and O–H groups in total. The Morgan fingerprint density at radius 2 is 1.80 bits per heavy atom. The number of rotatable bonds is 11. The second-order valence-electron chi connectivity index (χ2n) is 11.8. The van der Waals surface area contributed by atoms with E-state index in [-0.39, 0.29) is 23.3 Å². The quantitative estimate of drug-likeness (QED) is 0.250. The van der Waals surface area contributed by atoms with Crippen molar-refractivity contribution in [1.82, 2.24) is 19.0 Å². The monoisotopic (exact) mass is 544 g/mol. The predicted octanol–water partition coefficient (Wildman–Crippen LogP) is 5.60. The highest BCUT2D eigenvalue weighted by Gasteiger charge is 2.43. The van der Waals surface area contributed by atoms with E-state index in [9.17, 15) is 14.3 Å². The number of hydrogen-bond donors (Lipinski definition) is 1. The molecule has 0 unspecified atom stereocenters. The lowest BCUT2D eigenvalue weighted by atomic mass is 9.66. The predicted molar refractivity (Wildman–Crippen MR) is 158 cm³/mol. The minimum absolute atomic E-state index is 0.000354. The summed E-state index contributed by atoms with van der Waals surface area (Å²) in [7, 11) is 2.10. The number of halogens is 1. The Morgan fingerprint density at radius 1 is 1.05 bits per heavy atom. The van der Waals surface area contributed by atoms with Gasteiger partial charge >= 0.3 is 5.69 Å². The number of para-hydroxylation sites is 2. The fourth-order valence-corrected chi connectivity index (χ4v) is 6.59. The molecule has 2 aromatic heterocycles. The molecule has 1 aliphatic carbocycles. The van der Waals surface area contributed by atoms with Gasteiger partial charge in [-0.25, -0.2) is 9.18 Å². The molecule has 0 saturated heterocycles. The molecule has 0 saturated carbocycles. The van der Waals surface area contributed by atoms with Crippen molar-refractivity contribution in [2.75, 3.05) is 20.1 Å². The number of aliphatic hydroxyl groups is 1. The Kier molecular flexibility index (Phi) is 8.52. The first kappa shape index (κ1) is 28.2. The Labute approximate surface area is 236 Å². The number of aromatic nitrogens is 3. The molecule has 7 heteroatoms. The summed E-state index contributed by atoms with van der Waals surface area (Å²) in [5.41, 5.74) is 4.09. The second kappa shape index (κ2) is 12.1. The van der Waals surface area contributed by atoms with Crippen molar-refractivity contribution in [3.8, 4) is 0 Å². The Bertz CT molecular complexity index is 1500. The molecule has 6 nitrogen and oxygen atoms in total. The number of benzene rings is 2. The zero-order valence-electron chi connectivity index (χ0n) is 23.9. The molecule has 0 amide bonds. The minimum Gasteiger partial charge on any atom is -0.389 e. The van der Waals surface area contributed by atoms with E-state index in [0.717, 1.165) is 53.8 Å². The van der Waals surface area contributed by atoms with Crippen LogP contribution in [-0.2, 0) is 19.5 Å². The molecule has 0 aliphatic heterocycles. The highest BCUT2D eigenvalue weighted by atomic mass is 19.1. The number of unbranched alkanes of at least 4 members (excludes halogenated alkanes) is 1. The Hall–Kier alpha value is -3.29. The van der Waals surface area contributed by atoms with Gasteiger partial charge in [-0.3, -0.25) is 14.1 Å². The third kappa shape index (κ3) is 5.91. The van der Waals surface area contributed by atoms with Gasteiger partial charge in [-0.1, -0.05) is 38.1 Å². The summed E-state index contributed by atoms with van der Waals surface area (Å²) >= 11 is 0. The molecular weight excluding hydrogens is 503 g/mol. The van der Waals surface area contributed by atoms with Crippen molar-refractivity contribution in [2.24, 2.45) is 5.92 Å². The number of fused-ring (bicyclic) bond motifs is 2. The third-order valence-electron chi connectivity index (χ3n) is 8.58. The molecule has 2 heterocycles. The van der Waals surface area contributed by atoms with Crippen molar-refractivity contribution in [3.63, 3.8) is 0 Å². The molecule has 0 bridgehead atoms. The smallest absolute Gasteiger partial charge is 0.329 e. The average Bonchev–Trinajstić information content (AvgIpc) is 3.20. The number of pyridine rings is 1. The van der Waals surface area contributed by atoms with E-state index in [1.54, 1.807) is 12.3 Å². The van der Waals surface area contributed by atoms with Gasteiger partial charge in [0.15, 0.2) is 0 Å². The summed E-state index contributed by atoms with van der Waals surface area (Å²) in [5, 5.41) is 11.8. The topological polar surface area (TPSA) is 63.3 Å². The van der Waals surface area contributed by atoms with Crippen LogP contribution in [0.1, 0.15) is 62.3 Å². The summed E-state index contributed by atoms with van der Waals surface area (Å²) in [5.74, 6) is 0.0601. The lowest BCUT2D eigenvalue weighted by Crippen LogP contribution is -2.45. The van der Waals surface area contributed by atoms with E-state index in [1.165, 1.54) is 6.07 Å². The van der Waals surface area contributed by atoms with Gasteiger partial charge in [-0.2, -0.15) is 0 Å². The van der Waals surface area contributed by atoms with Crippen molar-refractivity contribution in [2.45, 2.75) is 70.6 Å². The zero-order chi connectivity index (χ0) is 28.3. The fraction of sp³-hybridized carbons (Fsp3) is 0.455. The largest absolute Gasteiger partial charge is 0.389 e. The maximum Gasteiger partial charge on any atom is 0.329 e. The van der Waals surface area contributed by atoms with Crippen LogP contribution < -0.4 is 5.69 Å². The SMILES string of the molecule is CC(C)[C@H]1c2ccc(F)cc2CC[C@]1(O)CCN(C)CCCCn1c(=O)n(Cc2ccccn2)c2ccccc21. The summed E-state index contributed by atoms with van der Waals surface area (Å²) in [6.45, 7) is 7.09. The molecule has 40 heavy (non-hydrogen) atoms. The number of aryl methyl sites for hydroxylation is 2. The number of nitrogens with zero attached hydrogens (tertiary/aromatic N) is 4. The highest BCUT2D eigenvalue weighted by molar-refractivity contribution is 5.76. The summed E-state index contributed by atoms with van der Waals surface area (Å²) in [6.07, 6.45) is 5.65. The number of hydrogen-bond acceptors (Lipinski definition) is 4. The standard InChI is InChI=1S/C33H41FN4O2/c1-24(2)31-28-14-13-26(34)22-25(28)15-16-33(31,40)17-21-36(3)19-8-9-20-37-29-11-4-5-12-30(29)38(32(37)39)23-27-10-6-7-18-35-27/h4-7,10-14,18,22,24,31,40H,8-9,15-17,19-21,23H2,1-3H3/t31-,33-/m0/s1. The molecule has 2 aromatic carbocycles. The summed E-state index contributed by atoms with van der Waals surface area (Å²) in [6, 6.07) is 18.8. The van der Waals surface area contributed by atoms with E-state index in [1.807, 2.05) is 57.7 Å². The molecule has 212 valence electrons. The Morgan fingerprint density at radius 3 is 2.52 bits per heavy atom. The first-order valence-electron chi connectivity index (χ1n) is 14.5. The zero-order valence-corrected chi connectivity index (χ0v) is 23.9. The van der Waals surface area contributed by atoms with Crippen LogP contribution in [0.5, 0.6) is 0 Å². The van der Waals surface area contributed by atoms with Gasteiger partial charge in [0.05, 0.1) is 28.9 Å². The average molecular weight is 545 g/mol. The molecule has 0 spiro atoms. The molecule has 5 rings (SSSR count). The van der Waals surface area contributed by atoms with Gasteiger partial charge in [-0.05, 0) is 99.1 Å². The molecular formula is C33H41FN4O2. The lowest BCUT2D eigenvalue weighted by Gasteiger charge is -2.44. The van der Waals surface area contributed by atoms with E-state index < -0.39 is 5.60 Å². The third-order valence-corrected chi connectivity index (χ3v) is 8.58. The minimum atomic E-state index is -0.796. The van der Waals surface area contributed by atoms with Crippen LogP contribution in [0.3, 0.4) is 0 Å². The Balaban J connectivity index is 1.18. The van der Waals surface area contributed by atoms with Gasteiger partial charge in [0, 0.05) is 25.2 Å². The lowest BCUT2D eigenvalue weighted by molar-refractivity contribution is -0.0301. The maximum absolute atomic E-state index is 13.8. The summed E-state index contributed by atoms with van der Waals surface area (Å²) < 4.78 is 17.5. The first-order valence-corrected chi connectivity index (χ1v) is 14.5. The molecule has 4 aromatic rings. The van der Waals surface area contributed by atoms with Gasteiger partial charge in [0.2, 0.25) is 0 Å². The van der Waals surface area contributed by atoms with Crippen molar-refractivity contribution in [1.29, 1.82) is 0 Å². The van der Waals surface area contributed by atoms with E-state index >= 15 is 0 Å². The van der Waals surface area contributed by atoms with Crippen LogP contribution in [0, 0.1) is 11.7 Å². The van der Waals surface area contributed by atoms with Crippen molar-refractivity contribution < 1.29 is 9.50 Å². The summed E-state index contributed by atoms with van der Waals surface area (Å²) in [4.78, 5) is 20.0. The van der Waals surface area contributed by atoms with Crippen molar-refractivity contribution in [3.05, 3.63) is 100.0 Å². The molecule has 0 fully saturated rings. The maximum atomic E-state index is 13.8. The van der Waals surface area contributed by atoms with Crippen LogP contribution in [-0.4, -0.2) is 49.9 Å². The molecule has 2 atom stereocenters. The molecule has 1 aliphatic rings. The fourth-order valence-electron chi connectivity index (χ4n) is 6.59. The normalized spacial score (nSPS) is 19.0. The van der Waals surface area contributed by atoms with E-state index in [4.69, 9.17) is 0 Å². The number of imidazole rings is 1.